The van der Waals surface area contributed by atoms with Crippen molar-refractivity contribution in [3.63, 3.8) is 0 Å². The van der Waals surface area contributed by atoms with Gasteiger partial charge in [0.2, 0.25) is 0 Å². The number of aliphatic hydroxyl groups excluding tert-OH is 1. The van der Waals surface area contributed by atoms with Crippen molar-refractivity contribution >= 4 is 5.97 Å². The number of nitrogens with zero attached hydrogens (tertiary/aromatic N) is 2. The minimum atomic E-state index is -0.655. The molecule has 0 amide bonds. The fourth-order valence-electron chi connectivity index (χ4n) is 1.49. The number of ether oxygens (including phenoxy) is 1. The Morgan fingerprint density at radius 2 is 2.38 bits per heavy atom. The second kappa shape index (κ2) is 5.65. The molecule has 0 spiro atoms. The van der Waals surface area contributed by atoms with Crippen molar-refractivity contribution in [3.05, 3.63) is 17.5 Å². The first-order chi connectivity index (χ1) is 7.56. The smallest absolute Gasteiger partial charge is 0.305 e. The van der Waals surface area contributed by atoms with Crippen molar-refractivity contribution in [1.82, 2.24) is 9.78 Å². The zero-order chi connectivity index (χ0) is 12.1. The van der Waals surface area contributed by atoms with Crippen LogP contribution in [0.2, 0.25) is 0 Å². The summed E-state index contributed by atoms with van der Waals surface area (Å²) in [6.07, 6.45) is 1.57. The Bertz CT molecular complexity index is 360. The highest BCUT2D eigenvalue weighted by atomic mass is 16.5. The molecule has 1 N–H and O–H groups in total. The van der Waals surface area contributed by atoms with E-state index in [1.165, 1.54) is 0 Å². The molecule has 1 heterocycles. The molecule has 1 aromatic heterocycles. The molecule has 0 bridgehead atoms. The fraction of sp³-hybridized carbons (Fsp3) is 0.636. The SMILES string of the molecule is CCOC(=O)CCC(O)c1cnn(C)c1C. The Morgan fingerprint density at radius 3 is 2.88 bits per heavy atom. The Labute approximate surface area is 95.0 Å². The second-order valence-electron chi connectivity index (χ2n) is 3.67. The second-order valence-corrected chi connectivity index (χ2v) is 3.67. The van der Waals surface area contributed by atoms with Crippen molar-refractivity contribution in [3.8, 4) is 0 Å². The van der Waals surface area contributed by atoms with Crippen LogP contribution in [-0.4, -0.2) is 27.5 Å². The van der Waals surface area contributed by atoms with Gasteiger partial charge in [0.1, 0.15) is 0 Å². The highest BCUT2D eigenvalue weighted by Crippen LogP contribution is 2.21. The summed E-state index contributed by atoms with van der Waals surface area (Å²) in [4.78, 5) is 11.1. The number of rotatable bonds is 5. The normalized spacial score (nSPS) is 12.5. The molecule has 0 aromatic carbocycles. The van der Waals surface area contributed by atoms with Crippen LogP contribution in [0.25, 0.3) is 0 Å². The highest BCUT2D eigenvalue weighted by Gasteiger charge is 2.15. The first-order valence-corrected chi connectivity index (χ1v) is 5.38. The van der Waals surface area contributed by atoms with Crippen LogP contribution in [-0.2, 0) is 16.6 Å². The lowest BCUT2D eigenvalue weighted by Gasteiger charge is -2.09. The highest BCUT2D eigenvalue weighted by molar-refractivity contribution is 5.69. The van der Waals surface area contributed by atoms with Gasteiger partial charge in [-0.3, -0.25) is 9.48 Å². The zero-order valence-corrected chi connectivity index (χ0v) is 9.93. The molecule has 1 unspecified atom stereocenters. The van der Waals surface area contributed by atoms with Gasteiger partial charge in [-0.05, 0) is 20.3 Å². The predicted octanol–water partition coefficient (Wildman–Crippen LogP) is 1.11. The number of aryl methyl sites for hydroxylation is 1. The summed E-state index contributed by atoms with van der Waals surface area (Å²) in [5.74, 6) is -0.275. The van der Waals surface area contributed by atoms with Crippen molar-refractivity contribution in [1.29, 1.82) is 0 Å². The maximum atomic E-state index is 11.1. The summed E-state index contributed by atoms with van der Waals surface area (Å²) in [7, 11) is 1.82. The quantitative estimate of drug-likeness (QED) is 0.764. The molecule has 0 radical (unpaired) electrons. The zero-order valence-electron chi connectivity index (χ0n) is 9.93. The van der Waals surface area contributed by atoms with Gasteiger partial charge < -0.3 is 9.84 Å². The molecule has 5 heteroatoms. The van der Waals surface area contributed by atoms with Crippen molar-refractivity contribution in [2.24, 2.45) is 7.05 Å². The van der Waals surface area contributed by atoms with Gasteiger partial charge in [-0.2, -0.15) is 5.10 Å². The Hall–Kier alpha value is -1.36. The number of carbonyl (C=O) groups excluding carboxylic acids is 1. The fourth-order valence-corrected chi connectivity index (χ4v) is 1.49. The van der Waals surface area contributed by atoms with Crippen molar-refractivity contribution < 1.29 is 14.6 Å². The van der Waals surface area contributed by atoms with E-state index in [1.54, 1.807) is 17.8 Å². The third kappa shape index (κ3) is 3.06. The first kappa shape index (κ1) is 12.7. The van der Waals surface area contributed by atoms with Crippen molar-refractivity contribution in [2.75, 3.05) is 6.61 Å². The van der Waals surface area contributed by atoms with Gasteiger partial charge in [-0.25, -0.2) is 0 Å². The van der Waals surface area contributed by atoms with E-state index in [4.69, 9.17) is 4.74 Å². The van der Waals surface area contributed by atoms with E-state index in [-0.39, 0.29) is 12.4 Å². The largest absolute Gasteiger partial charge is 0.466 e. The average Bonchev–Trinajstić information content (AvgIpc) is 2.57. The van der Waals surface area contributed by atoms with Crippen LogP contribution in [0.3, 0.4) is 0 Å². The molecule has 0 aliphatic rings. The van der Waals surface area contributed by atoms with E-state index in [0.29, 0.717) is 13.0 Å². The number of aromatic nitrogens is 2. The number of carbonyl (C=O) groups is 1. The lowest BCUT2D eigenvalue weighted by Crippen LogP contribution is -2.07. The van der Waals surface area contributed by atoms with E-state index < -0.39 is 6.10 Å². The Morgan fingerprint density at radius 1 is 1.69 bits per heavy atom. The topological polar surface area (TPSA) is 64.3 Å². The van der Waals surface area contributed by atoms with Gasteiger partial charge in [-0.15, -0.1) is 0 Å². The van der Waals surface area contributed by atoms with Crippen LogP contribution < -0.4 is 0 Å². The monoisotopic (exact) mass is 226 g/mol. The van der Waals surface area contributed by atoms with Crippen LogP contribution in [0.15, 0.2) is 6.20 Å². The first-order valence-electron chi connectivity index (χ1n) is 5.38. The van der Waals surface area contributed by atoms with Gasteiger partial charge in [-0.1, -0.05) is 0 Å². The van der Waals surface area contributed by atoms with Gasteiger partial charge in [0.25, 0.3) is 0 Å². The lowest BCUT2D eigenvalue weighted by molar-refractivity contribution is -0.143. The summed E-state index contributed by atoms with van der Waals surface area (Å²) in [6, 6.07) is 0. The molecule has 0 aliphatic carbocycles. The standard InChI is InChI=1S/C11H18N2O3/c1-4-16-11(15)6-5-10(14)9-7-12-13(3)8(9)2/h7,10,14H,4-6H2,1-3H3. The van der Waals surface area contributed by atoms with Gasteiger partial charge in [0.15, 0.2) is 0 Å². The molecule has 90 valence electrons. The van der Waals surface area contributed by atoms with Gasteiger partial charge in [0, 0.05) is 24.7 Å². The van der Waals surface area contributed by atoms with E-state index in [0.717, 1.165) is 11.3 Å². The molecule has 16 heavy (non-hydrogen) atoms. The summed E-state index contributed by atoms with van der Waals surface area (Å²) in [5.41, 5.74) is 1.68. The molecular weight excluding hydrogens is 208 g/mol. The third-order valence-electron chi connectivity index (χ3n) is 2.56. The Kier molecular flexibility index (Phi) is 4.49. The molecule has 1 aromatic rings. The third-order valence-corrected chi connectivity index (χ3v) is 2.56. The number of esters is 1. The summed E-state index contributed by atoms with van der Waals surface area (Å²) < 4.78 is 6.49. The van der Waals surface area contributed by atoms with E-state index in [1.807, 2.05) is 14.0 Å². The van der Waals surface area contributed by atoms with E-state index in [9.17, 15) is 9.90 Å². The molecular formula is C11H18N2O3. The van der Waals surface area contributed by atoms with Crippen LogP contribution in [0.4, 0.5) is 0 Å². The lowest BCUT2D eigenvalue weighted by atomic mass is 10.1. The van der Waals surface area contributed by atoms with E-state index >= 15 is 0 Å². The molecule has 0 fully saturated rings. The molecule has 0 saturated heterocycles. The minimum absolute atomic E-state index is 0.226. The summed E-state index contributed by atoms with van der Waals surface area (Å²) in [5, 5.41) is 13.9. The summed E-state index contributed by atoms with van der Waals surface area (Å²) >= 11 is 0. The van der Waals surface area contributed by atoms with Gasteiger partial charge >= 0.3 is 5.97 Å². The average molecular weight is 226 g/mol. The molecule has 1 rings (SSSR count). The number of hydrogen-bond acceptors (Lipinski definition) is 4. The Balaban J connectivity index is 2.50. The number of hydrogen-bond donors (Lipinski definition) is 1. The number of aliphatic hydroxyl groups is 1. The molecule has 5 nitrogen and oxygen atoms in total. The maximum Gasteiger partial charge on any atom is 0.305 e. The van der Waals surface area contributed by atoms with Crippen molar-refractivity contribution in [2.45, 2.75) is 32.8 Å². The molecule has 0 aliphatic heterocycles. The van der Waals surface area contributed by atoms with Crippen LogP contribution in [0.1, 0.15) is 37.1 Å². The minimum Gasteiger partial charge on any atom is -0.466 e. The van der Waals surface area contributed by atoms with Crippen LogP contribution in [0, 0.1) is 6.92 Å². The van der Waals surface area contributed by atoms with Crippen LogP contribution in [0.5, 0.6) is 0 Å². The predicted molar refractivity (Wildman–Crippen MR) is 58.8 cm³/mol. The molecule has 0 saturated carbocycles. The van der Waals surface area contributed by atoms with Crippen LogP contribution >= 0.6 is 0 Å². The summed E-state index contributed by atoms with van der Waals surface area (Å²) in [6.45, 7) is 4.02. The molecule has 1 atom stereocenters. The maximum absolute atomic E-state index is 11.1. The van der Waals surface area contributed by atoms with Gasteiger partial charge in [0.05, 0.1) is 18.9 Å². The van der Waals surface area contributed by atoms with E-state index in [2.05, 4.69) is 5.10 Å².